The van der Waals surface area contributed by atoms with Crippen LogP contribution in [0.2, 0.25) is 0 Å². The molecule has 1 aromatic carbocycles. The lowest BCUT2D eigenvalue weighted by atomic mass is 10.2. The van der Waals surface area contributed by atoms with Crippen LogP contribution in [0.15, 0.2) is 39.8 Å². The first kappa shape index (κ1) is 16.0. The molecule has 1 aromatic heterocycles. The number of benzene rings is 1. The largest absolute Gasteiger partial charge is 0.468 e. The van der Waals surface area contributed by atoms with Gasteiger partial charge in [0.2, 0.25) is 0 Å². The molecule has 2 aromatic rings. The maximum absolute atomic E-state index is 14.0. The minimum Gasteiger partial charge on any atom is -0.468 e. The van der Waals surface area contributed by atoms with E-state index in [4.69, 9.17) is 9.15 Å². The number of ether oxygens (including phenoxy) is 1. The normalized spacial score (nSPS) is 11.0. The molecule has 6 heteroatoms. The number of furan rings is 1. The smallest absolute Gasteiger partial charge is 0.140 e. The molecule has 3 nitrogen and oxygen atoms in total. The summed E-state index contributed by atoms with van der Waals surface area (Å²) in [6.07, 6.45) is 1.54. The molecule has 0 unspecified atom stereocenters. The molecule has 0 fully saturated rings. The van der Waals surface area contributed by atoms with Crippen LogP contribution in [-0.2, 0) is 17.0 Å². The quantitative estimate of drug-likeness (QED) is 0.596. The highest BCUT2D eigenvalue weighted by Crippen LogP contribution is 2.29. The van der Waals surface area contributed by atoms with Gasteiger partial charge in [0.1, 0.15) is 17.4 Å². The van der Waals surface area contributed by atoms with E-state index in [0.717, 1.165) is 11.8 Å². The van der Waals surface area contributed by atoms with Crippen LogP contribution in [0.5, 0.6) is 0 Å². The van der Waals surface area contributed by atoms with E-state index >= 15 is 0 Å². The molecule has 114 valence electrons. The van der Waals surface area contributed by atoms with Crippen molar-refractivity contribution in [2.24, 2.45) is 0 Å². The van der Waals surface area contributed by atoms with E-state index in [2.05, 4.69) is 5.32 Å². The third-order valence-electron chi connectivity index (χ3n) is 2.81. The molecule has 0 atom stereocenters. The maximum atomic E-state index is 14.0. The van der Waals surface area contributed by atoms with Crippen molar-refractivity contribution in [1.29, 1.82) is 0 Å². The van der Waals surface area contributed by atoms with Gasteiger partial charge in [0, 0.05) is 20.2 Å². The summed E-state index contributed by atoms with van der Waals surface area (Å²) in [6, 6.07) is 6.23. The minimum absolute atomic E-state index is 0.0204. The van der Waals surface area contributed by atoms with Crippen molar-refractivity contribution >= 4 is 11.8 Å². The van der Waals surface area contributed by atoms with Gasteiger partial charge in [-0.2, -0.15) is 0 Å². The molecule has 0 aliphatic rings. The lowest BCUT2D eigenvalue weighted by Gasteiger charge is -2.08. The summed E-state index contributed by atoms with van der Waals surface area (Å²) in [5, 5.41) is 3.05. The van der Waals surface area contributed by atoms with Gasteiger partial charge in [0.25, 0.3) is 0 Å². The van der Waals surface area contributed by atoms with Crippen LogP contribution < -0.4 is 5.32 Å². The number of methoxy groups -OCH3 is 1. The van der Waals surface area contributed by atoms with Gasteiger partial charge in [0.05, 0.1) is 23.5 Å². The predicted molar refractivity (Wildman–Crippen MR) is 78.2 cm³/mol. The van der Waals surface area contributed by atoms with Crippen molar-refractivity contribution in [1.82, 2.24) is 5.32 Å². The van der Waals surface area contributed by atoms with Crippen LogP contribution in [0, 0.1) is 11.6 Å². The van der Waals surface area contributed by atoms with Crippen molar-refractivity contribution in [2.45, 2.75) is 17.2 Å². The van der Waals surface area contributed by atoms with Gasteiger partial charge < -0.3 is 14.5 Å². The average molecular weight is 313 g/mol. The molecule has 0 aliphatic carbocycles. The van der Waals surface area contributed by atoms with E-state index in [9.17, 15) is 8.78 Å². The zero-order chi connectivity index (χ0) is 15.1. The molecule has 0 saturated heterocycles. The monoisotopic (exact) mass is 313 g/mol. The molecule has 1 heterocycles. The Kier molecular flexibility index (Phi) is 6.22. The number of halogens is 2. The topological polar surface area (TPSA) is 34.4 Å². The molecule has 0 aliphatic heterocycles. The Bertz CT molecular complexity index is 538. The highest BCUT2D eigenvalue weighted by atomic mass is 32.2. The Hall–Kier alpha value is -1.37. The first-order valence-electron chi connectivity index (χ1n) is 6.53. The SMILES string of the molecule is COCCNCc1cc(F)c(SCc2ccco2)c(F)c1. The van der Waals surface area contributed by atoms with Crippen molar-refractivity contribution in [3.63, 3.8) is 0 Å². The Balaban J connectivity index is 1.96. The van der Waals surface area contributed by atoms with E-state index in [0.29, 0.717) is 36.8 Å². The Morgan fingerprint density at radius 3 is 2.67 bits per heavy atom. The summed E-state index contributed by atoms with van der Waals surface area (Å²) in [5.41, 5.74) is 0.573. The van der Waals surface area contributed by atoms with E-state index in [1.165, 1.54) is 18.4 Å². The second-order valence-corrected chi connectivity index (χ2v) is 5.41. The highest BCUT2D eigenvalue weighted by Gasteiger charge is 2.12. The summed E-state index contributed by atoms with van der Waals surface area (Å²) in [7, 11) is 1.60. The van der Waals surface area contributed by atoms with Crippen molar-refractivity contribution < 1.29 is 17.9 Å². The van der Waals surface area contributed by atoms with Crippen LogP contribution >= 0.6 is 11.8 Å². The first-order chi connectivity index (χ1) is 10.2. The summed E-state index contributed by atoms with van der Waals surface area (Å²) in [5.74, 6) is -0.0129. The van der Waals surface area contributed by atoms with Gasteiger partial charge in [-0.15, -0.1) is 11.8 Å². The van der Waals surface area contributed by atoms with Gasteiger partial charge in [0.15, 0.2) is 0 Å². The molecule has 2 rings (SSSR count). The van der Waals surface area contributed by atoms with Crippen molar-refractivity contribution in [2.75, 3.05) is 20.3 Å². The second-order valence-electron chi connectivity index (χ2n) is 4.43. The molecule has 1 N–H and O–H groups in total. The molecule has 21 heavy (non-hydrogen) atoms. The summed E-state index contributed by atoms with van der Waals surface area (Å²) >= 11 is 1.09. The van der Waals surface area contributed by atoms with Gasteiger partial charge in [-0.3, -0.25) is 0 Å². The number of nitrogens with one attached hydrogen (secondary N) is 1. The first-order valence-corrected chi connectivity index (χ1v) is 7.52. The average Bonchev–Trinajstić information content (AvgIpc) is 2.96. The molecular formula is C15H17F2NO2S. The zero-order valence-corrected chi connectivity index (χ0v) is 12.5. The fourth-order valence-corrected chi connectivity index (χ4v) is 2.64. The number of thioether (sulfide) groups is 1. The lowest BCUT2D eigenvalue weighted by Crippen LogP contribution is -2.18. The molecular weight excluding hydrogens is 296 g/mol. The van der Waals surface area contributed by atoms with Crippen LogP contribution in [0.4, 0.5) is 8.78 Å². The Morgan fingerprint density at radius 1 is 1.29 bits per heavy atom. The van der Waals surface area contributed by atoms with E-state index in [-0.39, 0.29) is 4.90 Å². The predicted octanol–water partition coefficient (Wildman–Crippen LogP) is 3.59. The van der Waals surface area contributed by atoms with Crippen molar-refractivity contribution in [3.8, 4) is 0 Å². The van der Waals surface area contributed by atoms with E-state index in [1.807, 2.05) is 0 Å². The van der Waals surface area contributed by atoms with Crippen LogP contribution in [0.3, 0.4) is 0 Å². The number of hydrogen-bond donors (Lipinski definition) is 1. The highest BCUT2D eigenvalue weighted by molar-refractivity contribution is 7.98. The van der Waals surface area contributed by atoms with Crippen LogP contribution in [-0.4, -0.2) is 20.3 Å². The molecule has 0 saturated carbocycles. The van der Waals surface area contributed by atoms with Crippen molar-refractivity contribution in [3.05, 3.63) is 53.5 Å². The molecule has 0 bridgehead atoms. The van der Waals surface area contributed by atoms with E-state index in [1.54, 1.807) is 19.2 Å². The standard InChI is InChI=1S/C15H17F2NO2S/c1-19-6-4-18-9-11-7-13(16)15(14(17)8-11)21-10-12-3-2-5-20-12/h2-3,5,7-8,18H,4,6,9-10H2,1H3. The molecule has 0 radical (unpaired) electrons. The van der Waals surface area contributed by atoms with E-state index < -0.39 is 11.6 Å². The zero-order valence-electron chi connectivity index (χ0n) is 11.7. The Morgan fingerprint density at radius 2 is 2.05 bits per heavy atom. The minimum atomic E-state index is -0.546. The fraction of sp³-hybridized carbons (Fsp3) is 0.333. The van der Waals surface area contributed by atoms with Gasteiger partial charge >= 0.3 is 0 Å². The fourth-order valence-electron chi connectivity index (χ4n) is 1.80. The summed E-state index contributed by atoms with van der Waals surface area (Å²) < 4.78 is 38.0. The van der Waals surface area contributed by atoms with Gasteiger partial charge in [-0.1, -0.05) is 0 Å². The summed E-state index contributed by atoms with van der Waals surface area (Å²) in [4.78, 5) is 0.0204. The van der Waals surface area contributed by atoms with Crippen LogP contribution in [0.25, 0.3) is 0 Å². The van der Waals surface area contributed by atoms with Gasteiger partial charge in [-0.25, -0.2) is 8.78 Å². The second kappa shape index (κ2) is 8.17. The third-order valence-corrected chi connectivity index (χ3v) is 3.92. The van der Waals surface area contributed by atoms with Gasteiger partial charge in [-0.05, 0) is 29.8 Å². The number of hydrogen-bond acceptors (Lipinski definition) is 4. The molecule has 0 spiro atoms. The maximum Gasteiger partial charge on any atom is 0.140 e. The van der Waals surface area contributed by atoms with Crippen LogP contribution in [0.1, 0.15) is 11.3 Å². The molecule has 0 amide bonds. The number of rotatable bonds is 8. The lowest BCUT2D eigenvalue weighted by molar-refractivity contribution is 0.199. The summed E-state index contributed by atoms with van der Waals surface area (Å²) in [6.45, 7) is 1.59. The third kappa shape index (κ3) is 4.84. The Labute approximate surface area is 126 Å².